The van der Waals surface area contributed by atoms with E-state index in [0.717, 1.165) is 6.54 Å². The first-order valence-corrected chi connectivity index (χ1v) is 6.42. The highest BCUT2D eigenvalue weighted by molar-refractivity contribution is 5.66. The number of rotatable bonds is 5. The maximum Gasteiger partial charge on any atom is 0.304 e. The van der Waals surface area contributed by atoms with Crippen LogP contribution in [0.3, 0.4) is 0 Å². The van der Waals surface area contributed by atoms with Gasteiger partial charge in [0.1, 0.15) is 0 Å². The Kier molecular flexibility index (Phi) is 3.82. The van der Waals surface area contributed by atoms with Gasteiger partial charge in [0.15, 0.2) is 0 Å². The fourth-order valence-electron chi connectivity index (χ4n) is 3.28. The molecule has 2 fully saturated rings. The number of aliphatic carboxylic acids is 1. The highest BCUT2D eigenvalue weighted by atomic mass is 16.4. The van der Waals surface area contributed by atoms with Crippen molar-refractivity contribution in [1.29, 1.82) is 0 Å². The second-order valence-corrected chi connectivity index (χ2v) is 4.87. The first kappa shape index (κ1) is 11.9. The molecule has 2 unspecified atom stereocenters. The molecule has 2 aliphatic rings. The predicted octanol–water partition coefficient (Wildman–Crippen LogP) is 1.02. The molecule has 0 radical (unpaired) electrons. The monoisotopic (exact) mass is 226 g/mol. The highest BCUT2D eigenvalue weighted by Crippen LogP contribution is 2.31. The Morgan fingerprint density at radius 1 is 1.44 bits per heavy atom. The molecule has 2 rings (SSSR count). The maximum atomic E-state index is 10.6. The molecule has 0 amide bonds. The first-order chi connectivity index (χ1) is 7.72. The largest absolute Gasteiger partial charge is 0.481 e. The van der Waals surface area contributed by atoms with Gasteiger partial charge in [-0.15, -0.1) is 0 Å². The average Bonchev–Trinajstić information content (AvgIpc) is 2.81. The third-order valence-electron chi connectivity index (χ3n) is 4.06. The molecule has 0 bridgehead atoms. The summed E-state index contributed by atoms with van der Waals surface area (Å²) in [5, 5.41) is 8.75. The van der Waals surface area contributed by atoms with E-state index in [0.29, 0.717) is 18.6 Å². The molecule has 2 saturated heterocycles. The molecule has 0 aromatic rings. The summed E-state index contributed by atoms with van der Waals surface area (Å²) >= 11 is 0. The van der Waals surface area contributed by atoms with Crippen molar-refractivity contribution in [3.05, 3.63) is 0 Å². The molecular weight excluding hydrogens is 204 g/mol. The van der Waals surface area contributed by atoms with Gasteiger partial charge in [-0.2, -0.15) is 0 Å². The number of fused-ring (bicyclic) bond motifs is 1. The van der Waals surface area contributed by atoms with Crippen LogP contribution in [-0.2, 0) is 4.79 Å². The molecule has 0 spiro atoms. The summed E-state index contributed by atoms with van der Waals surface area (Å²) in [7, 11) is 0. The minimum absolute atomic E-state index is 0.275. The number of hydrogen-bond acceptors (Lipinski definition) is 3. The Morgan fingerprint density at radius 2 is 2.25 bits per heavy atom. The fraction of sp³-hybridized carbons (Fsp3) is 0.917. The van der Waals surface area contributed by atoms with Crippen molar-refractivity contribution in [2.75, 3.05) is 26.2 Å². The van der Waals surface area contributed by atoms with E-state index in [1.807, 2.05) is 0 Å². The summed E-state index contributed by atoms with van der Waals surface area (Å²) in [6, 6.07) is 1.31. The number of nitrogens with zero attached hydrogens (tertiary/aromatic N) is 2. The van der Waals surface area contributed by atoms with Gasteiger partial charge < -0.3 is 5.11 Å². The number of carboxylic acid groups (broad SMARTS) is 1. The third-order valence-corrected chi connectivity index (χ3v) is 4.06. The van der Waals surface area contributed by atoms with Gasteiger partial charge in [0.2, 0.25) is 0 Å². The number of carbonyl (C=O) groups is 1. The molecular formula is C12H22N2O2. The van der Waals surface area contributed by atoms with E-state index in [1.165, 1.54) is 32.4 Å². The highest BCUT2D eigenvalue weighted by Gasteiger charge is 2.39. The van der Waals surface area contributed by atoms with Crippen molar-refractivity contribution in [3.63, 3.8) is 0 Å². The second kappa shape index (κ2) is 5.15. The van der Waals surface area contributed by atoms with Crippen LogP contribution in [0.15, 0.2) is 0 Å². The topological polar surface area (TPSA) is 43.8 Å². The van der Waals surface area contributed by atoms with Gasteiger partial charge in [0.25, 0.3) is 0 Å². The van der Waals surface area contributed by atoms with Crippen LogP contribution >= 0.6 is 0 Å². The lowest BCUT2D eigenvalue weighted by atomic mass is 10.0. The molecule has 2 atom stereocenters. The van der Waals surface area contributed by atoms with Gasteiger partial charge in [0, 0.05) is 25.2 Å². The van der Waals surface area contributed by atoms with E-state index < -0.39 is 5.97 Å². The lowest BCUT2D eigenvalue weighted by Crippen LogP contribution is -2.43. The smallest absolute Gasteiger partial charge is 0.304 e. The van der Waals surface area contributed by atoms with E-state index in [-0.39, 0.29) is 6.42 Å². The lowest BCUT2D eigenvalue weighted by molar-refractivity contribution is -0.137. The van der Waals surface area contributed by atoms with Crippen molar-refractivity contribution in [3.8, 4) is 0 Å². The third kappa shape index (κ3) is 2.38. The summed E-state index contributed by atoms with van der Waals surface area (Å²) in [6.07, 6.45) is 4.11. The molecule has 0 saturated carbocycles. The van der Waals surface area contributed by atoms with Gasteiger partial charge >= 0.3 is 5.97 Å². The van der Waals surface area contributed by atoms with Crippen molar-refractivity contribution < 1.29 is 9.90 Å². The molecule has 2 aliphatic heterocycles. The van der Waals surface area contributed by atoms with Gasteiger partial charge in [0.05, 0.1) is 6.42 Å². The Bertz CT molecular complexity index is 257. The molecule has 1 N–H and O–H groups in total. The summed E-state index contributed by atoms with van der Waals surface area (Å²) in [6.45, 7) is 6.28. The Morgan fingerprint density at radius 3 is 2.94 bits per heavy atom. The second-order valence-electron chi connectivity index (χ2n) is 4.87. The SMILES string of the molecule is CCN(CCC(=O)O)C1CCN2CCCC12. The molecule has 0 aromatic heterocycles. The van der Waals surface area contributed by atoms with Crippen LogP contribution in [0.5, 0.6) is 0 Å². The lowest BCUT2D eigenvalue weighted by Gasteiger charge is -2.31. The van der Waals surface area contributed by atoms with Crippen LogP contribution < -0.4 is 0 Å². The van der Waals surface area contributed by atoms with Crippen molar-refractivity contribution in [2.45, 2.75) is 44.7 Å². The summed E-state index contributed by atoms with van der Waals surface area (Å²) < 4.78 is 0. The van der Waals surface area contributed by atoms with Crippen molar-refractivity contribution >= 4 is 5.97 Å². The predicted molar refractivity (Wildman–Crippen MR) is 62.5 cm³/mol. The summed E-state index contributed by atoms with van der Waals surface area (Å²) in [5.41, 5.74) is 0. The van der Waals surface area contributed by atoms with Gasteiger partial charge in [-0.05, 0) is 32.4 Å². The van der Waals surface area contributed by atoms with Crippen LogP contribution in [0.4, 0.5) is 0 Å². The van der Waals surface area contributed by atoms with E-state index in [2.05, 4.69) is 16.7 Å². The number of likely N-dealkylation sites (N-methyl/N-ethyl adjacent to an activating group) is 1. The van der Waals surface area contributed by atoms with Gasteiger partial charge in [-0.25, -0.2) is 0 Å². The van der Waals surface area contributed by atoms with Crippen molar-refractivity contribution in [1.82, 2.24) is 9.80 Å². The molecule has 2 heterocycles. The Labute approximate surface area is 97.2 Å². The molecule has 4 nitrogen and oxygen atoms in total. The standard InChI is InChI=1S/C12H22N2O2/c1-2-13(9-6-12(15)16)11-5-8-14-7-3-4-10(11)14/h10-11H,2-9H2,1H3,(H,15,16). The van der Waals surface area contributed by atoms with Crippen LogP contribution in [0.25, 0.3) is 0 Å². The quantitative estimate of drug-likeness (QED) is 0.760. The summed E-state index contributed by atoms with van der Waals surface area (Å²) in [5.74, 6) is -0.681. The van der Waals surface area contributed by atoms with Gasteiger partial charge in [-0.1, -0.05) is 6.92 Å². The molecule has 92 valence electrons. The van der Waals surface area contributed by atoms with E-state index in [1.54, 1.807) is 0 Å². The average molecular weight is 226 g/mol. The van der Waals surface area contributed by atoms with Crippen LogP contribution in [0, 0.1) is 0 Å². The summed E-state index contributed by atoms with van der Waals surface area (Å²) in [4.78, 5) is 15.6. The Hall–Kier alpha value is -0.610. The molecule has 0 aliphatic carbocycles. The maximum absolute atomic E-state index is 10.6. The zero-order valence-corrected chi connectivity index (χ0v) is 10.1. The Balaban J connectivity index is 1.90. The zero-order valence-electron chi connectivity index (χ0n) is 10.1. The zero-order chi connectivity index (χ0) is 11.5. The van der Waals surface area contributed by atoms with Crippen LogP contribution in [0.1, 0.15) is 32.6 Å². The van der Waals surface area contributed by atoms with Gasteiger partial charge in [-0.3, -0.25) is 14.6 Å². The minimum atomic E-state index is -0.681. The fourth-order valence-corrected chi connectivity index (χ4v) is 3.28. The minimum Gasteiger partial charge on any atom is -0.481 e. The van der Waals surface area contributed by atoms with Crippen LogP contribution in [-0.4, -0.2) is 59.1 Å². The number of carboxylic acids is 1. The first-order valence-electron chi connectivity index (χ1n) is 6.42. The van der Waals surface area contributed by atoms with Crippen LogP contribution in [0.2, 0.25) is 0 Å². The molecule has 4 heteroatoms. The van der Waals surface area contributed by atoms with E-state index in [9.17, 15) is 4.79 Å². The number of hydrogen-bond donors (Lipinski definition) is 1. The molecule has 16 heavy (non-hydrogen) atoms. The van der Waals surface area contributed by atoms with E-state index >= 15 is 0 Å². The van der Waals surface area contributed by atoms with E-state index in [4.69, 9.17) is 5.11 Å². The van der Waals surface area contributed by atoms with Crippen molar-refractivity contribution in [2.24, 2.45) is 0 Å². The molecule has 0 aromatic carbocycles. The normalized spacial score (nSPS) is 29.9.